The Morgan fingerprint density at radius 1 is 1.41 bits per heavy atom. The predicted octanol–water partition coefficient (Wildman–Crippen LogP) is 2.31. The number of phenols is 1. The Morgan fingerprint density at radius 2 is 2.06 bits per heavy atom. The Hall–Kier alpha value is -1.29. The molecule has 0 amide bonds. The van der Waals surface area contributed by atoms with Crippen LogP contribution in [-0.2, 0) is 5.41 Å². The lowest BCUT2D eigenvalue weighted by atomic mass is 9.78. The van der Waals surface area contributed by atoms with Gasteiger partial charge in [-0.3, -0.25) is 0 Å². The van der Waals surface area contributed by atoms with Crippen LogP contribution in [0.4, 0.5) is 4.39 Å². The lowest BCUT2D eigenvalue weighted by Crippen LogP contribution is -2.33. The number of rotatable bonds is 3. The second kappa shape index (κ2) is 4.53. The zero-order chi connectivity index (χ0) is 12.5. The normalized spacial score (nSPS) is 18.3. The number of hydrogen-bond donors (Lipinski definition) is 2. The number of benzene rings is 1. The smallest absolute Gasteiger partial charge is 0.134 e. The van der Waals surface area contributed by atoms with E-state index in [2.05, 4.69) is 0 Å². The van der Waals surface area contributed by atoms with Crippen LogP contribution in [0.1, 0.15) is 31.2 Å². The van der Waals surface area contributed by atoms with Gasteiger partial charge >= 0.3 is 0 Å². The van der Waals surface area contributed by atoms with Crippen LogP contribution in [0.5, 0.6) is 11.5 Å². The molecule has 0 aromatic heterocycles. The number of phenolic OH excluding ortho intramolecular Hbond substituents is 1. The molecule has 0 saturated heterocycles. The minimum absolute atomic E-state index is 0.117. The molecule has 17 heavy (non-hydrogen) atoms. The molecule has 4 heteroatoms. The van der Waals surface area contributed by atoms with Crippen molar-refractivity contribution in [2.24, 2.45) is 5.73 Å². The highest BCUT2D eigenvalue weighted by Gasteiger charge is 2.39. The van der Waals surface area contributed by atoms with Gasteiger partial charge < -0.3 is 15.6 Å². The van der Waals surface area contributed by atoms with Gasteiger partial charge in [-0.2, -0.15) is 0 Å². The van der Waals surface area contributed by atoms with Gasteiger partial charge in [0, 0.05) is 29.7 Å². The molecule has 1 saturated carbocycles. The molecule has 1 aliphatic rings. The number of nitrogens with two attached hydrogens (primary N) is 1. The van der Waals surface area contributed by atoms with Gasteiger partial charge in [-0.15, -0.1) is 0 Å². The number of ether oxygens (including phenoxy) is 1. The van der Waals surface area contributed by atoms with Crippen molar-refractivity contribution in [1.29, 1.82) is 0 Å². The van der Waals surface area contributed by atoms with Gasteiger partial charge in [-0.25, -0.2) is 4.39 Å². The summed E-state index contributed by atoms with van der Waals surface area (Å²) in [4.78, 5) is 0. The summed E-state index contributed by atoms with van der Waals surface area (Å²) in [7, 11) is 1.48. The summed E-state index contributed by atoms with van der Waals surface area (Å²) in [6.07, 6.45) is 3.87. The Labute approximate surface area is 100 Å². The van der Waals surface area contributed by atoms with Crippen molar-refractivity contribution in [1.82, 2.24) is 0 Å². The van der Waals surface area contributed by atoms with Crippen molar-refractivity contribution in [3.05, 3.63) is 23.5 Å². The van der Waals surface area contributed by atoms with E-state index in [0.717, 1.165) is 31.7 Å². The SMILES string of the molecule is COc1cc(O)cc(F)c1C1(CN)CCCC1. The minimum atomic E-state index is -0.422. The molecule has 0 spiro atoms. The Morgan fingerprint density at radius 3 is 2.59 bits per heavy atom. The van der Waals surface area contributed by atoms with E-state index in [1.807, 2.05) is 0 Å². The molecule has 0 atom stereocenters. The molecule has 0 aliphatic heterocycles. The standard InChI is InChI=1S/C13H18FNO2/c1-17-11-7-9(16)6-10(14)12(11)13(8-15)4-2-3-5-13/h6-7,16H,2-5,8,15H2,1H3. The summed E-state index contributed by atoms with van der Waals surface area (Å²) < 4.78 is 19.3. The highest BCUT2D eigenvalue weighted by molar-refractivity contribution is 5.46. The van der Waals surface area contributed by atoms with E-state index >= 15 is 0 Å². The topological polar surface area (TPSA) is 55.5 Å². The van der Waals surface area contributed by atoms with Gasteiger partial charge in [0.15, 0.2) is 0 Å². The van der Waals surface area contributed by atoms with E-state index in [1.54, 1.807) is 0 Å². The zero-order valence-corrected chi connectivity index (χ0v) is 10.0. The molecule has 1 fully saturated rings. The van der Waals surface area contributed by atoms with Gasteiger partial charge in [0.1, 0.15) is 17.3 Å². The Kier molecular flexibility index (Phi) is 3.24. The summed E-state index contributed by atoms with van der Waals surface area (Å²) in [6.45, 7) is 0.408. The largest absolute Gasteiger partial charge is 0.508 e. The molecule has 0 bridgehead atoms. The van der Waals surface area contributed by atoms with Crippen molar-refractivity contribution in [2.75, 3.05) is 13.7 Å². The monoisotopic (exact) mass is 239 g/mol. The number of aromatic hydroxyl groups is 1. The summed E-state index contributed by atoms with van der Waals surface area (Å²) in [6, 6.07) is 2.59. The number of hydrogen-bond acceptors (Lipinski definition) is 3. The lowest BCUT2D eigenvalue weighted by Gasteiger charge is -2.29. The highest BCUT2D eigenvalue weighted by atomic mass is 19.1. The molecule has 3 N–H and O–H groups in total. The summed E-state index contributed by atoms with van der Waals surface area (Å²) in [5, 5.41) is 9.40. The van der Waals surface area contributed by atoms with Gasteiger partial charge in [-0.1, -0.05) is 12.8 Å². The van der Waals surface area contributed by atoms with Crippen molar-refractivity contribution >= 4 is 0 Å². The minimum Gasteiger partial charge on any atom is -0.508 e. The predicted molar refractivity (Wildman–Crippen MR) is 63.8 cm³/mol. The molecule has 0 radical (unpaired) electrons. The average Bonchev–Trinajstić information content (AvgIpc) is 2.77. The van der Waals surface area contributed by atoms with Gasteiger partial charge in [0.2, 0.25) is 0 Å². The molecular formula is C13H18FNO2. The molecule has 1 aromatic rings. The molecule has 0 unspecified atom stereocenters. The second-order valence-electron chi connectivity index (χ2n) is 4.70. The fourth-order valence-electron chi connectivity index (χ4n) is 2.85. The van der Waals surface area contributed by atoms with Crippen LogP contribution in [-0.4, -0.2) is 18.8 Å². The van der Waals surface area contributed by atoms with Crippen LogP contribution in [0.2, 0.25) is 0 Å². The van der Waals surface area contributed by atoms with Gasteiger partial charge in [0.05, 0.1) is 7.11 Å². The molecule has 2 rings (SSSR count). The lowest BCUT2D eigenvalue weighted by molar-refractivity contribution is 0.358. The molecule has 1 aliphatic carbocycles. The summed E-state index contributed by atoms with van der Waals surface area (Å²) >= 11 is 0. The molecule has 94 valence electrons. The quantitative estimate of drug-likeness (QED) is 0.851. The van der Waals surface area contributed by atoms with Crippen molar-refractivity contribution < 1.29 is 14.2 Å². The van der Waals surface area contributed by atoms with Crippen LogP contribution in [0.25, 0.3) is 0 Å². The fraction of sp³-hybridized carbons (Fsp3) is 0.538. The first-order valence-electron chi connectivity index (χ1n) is 5.90. The maximum Gasteiger partial charge on any atom is 0.134 e. The van der Waals surface area contributed by atoms with E-state index in [-0.39, 0.29) is 11.2 Å². The average molecular weight is 239 g/mol. The third-order valence-corrected chi connectivity index (χ3v) is 3.74. The Balaban J connectivity index is 2.56. The maximum atomic E-state index is 14.1. The molecule has 1 aromatic carbocycles. The van der Waals surface area contributed by atoms with E-state index in [0.29, 0.717) is 17.9 Å². The van der Waals surface area contributed by atoms with Crippen molar-refractivity contribution in [2.45, 2.75) is 31.1 Å². The number of halogens is 1. The second-order valence-corrected chi connectivity index (χ2v) is 4.70. The molecule has 0 heterocycles. The van der Waals surface area contributed by atoms with Crippen LogP contribution in [0.3, 0.4) is 0 Å². The van der Waals surface area contributed by atoms with Crippen LogP contribution >= 0.6 is 0 Å². The first-order valence-corrected chi connectivity index (χ1v) is 5.90. The van der Waals surface area contributed by atoms with E-state index in [1.165, 1.54) is 13.2 Å². The first-order chi connectivity index (χ1) is 8.13. The molecule has 3 nitrogen and oxygen atoms in total. The summed E-state index contributed by atoms with van der Waals surface area (Å²) in [5.41, 5.74) is 6.04. The third-order valence-electron chi connectivity index (χ3n) is 3.74. The molecular weight excluding hydrogens is 221 g/mol. The zero-order valence-electron chi connectivity index (χ0n) is 10.0. The maximum absolute atomic E-state index is 14.1. The third kappa shape index (κ3) is 1.97. The van der Waals surface area contributed by atoms with Crippen LogP contribution in [0.15, 0.2) is 12.1 Å². The fourth-order valence-corrected chi connectivity index (χ4v) is 2.85. The van der Waals surface area contributed by atoms with Crippen LogP contribution < -0.4 is 10.5 Å². The highest BCUT2D eigenvalue weighted by Crippen LogP contribution is 2.46. The first kappa shape index (κ1) is 12.2. The number of methoxy groups -OCH3 is 1. The van der Waals surface area contributed by atoms with Crippen molar-refractivity contribution in [3.63, 3.8) is 0 Å². The Bertz CT molecular complexity index is 414. The van der Waals surface area contributed by atoms with E-state index < -0.39 is 5.82 Å². The summed E-state index contributed by atoms with van der Waals surface area (Å²) in [5.74, 6) is -0.141. The van der Waals surface area contributed by atoms with E-state index in [4.69, 9.17) is 10.5 Å². The van der Waals surface area contributed by atoms with Crippen LogP contribution in [0, 0.1) is 5.82 Å². The van der Waals surface area contributed by atoms with Gasteiger partial charge in [0.25, 0.3) is 0 Å². The van der Waals surface area contributed by atoms with E-state index in [9.17, 15) is 9.50 Å². The van der Waals surface area contributed by atoms with Gasteiger partial charge in [-0.05, 0) is 12.8 Å². The van der Waals surface area contributed by atoms with Crippen molar-refractivity contribution in [3.8, 4) is 11.5 Å².